The van der Waals surface area contributed by atoms with Crippen molar-refractivity contribution >= 4 is 6.08 Å². The van der Waals surface area contributed by atoms with Crippen molar-refractivity contribution in [3.63, 3.8) is 0 Å². The van der Waals surface area contributed by atoms with Crippen molar-refractivity contribution in [3.8, 4) is 0 Å². The molecule has 0 unspecified atom stereocenters. The third kappa shape index (κ3) is 2.55. The molecular weight excluding hydrogens is 150 g/mol. The zero-order valence-corrected chi connectivity index (χ0v) is 7.63. The maximum absolute atomic E-state index is 5.46. The zero-order valence-electron chi connectivity index (χ0n) is 7.63. The number of hydrogen-bond acceptors (Lipinski definition) is 2. The molecule has 2 heteroatoms. The van der Waals surface area contributed by atoms with Crippen molar-refractivity contribution in [2.75, 3.05) is 13.6 Å². The molecule has 0 aliphatic carbocycles. The summed E-state index contributed by atoms with van der Waals surface area (Å²) in [7, 11) is 1.92. The number of rotatable bonds is 4. The van der Waals surface area contributed by atoms with Crippen LogP contribution in [-0.4, -0.2) is 13.6 Å². The third-order valence-electron chi connectivity index (χ3n) is 1.63. The SMILES string of the molecule is CCc1ccc(C=CCNC)o1. The molecule has 1 aromatic heterocycles. The smallest absolute Gasteiger partial charge is 0.126 e. The van der Waals surface area contributed by atoms with E-state index in [-0.39, 0.29) is 0 Å². The fraction of sp³-hybridized carbons (Fsp3) is 0.400. The van der Waals surface area contributed by atoms with E-state index in [4.69, 9.17) is 4.42 Å². The second-order valence-corrected chi connectivity index (χ2v) is 2.62. The molecule has 0 amide bonds. The maximum Gasteiger partial charge on any atom is 0.126 e. The summed E-state index contributed by atoms with van der Waals surface area (Å²) in [6, 6.07) is 4.00. The Morgan fingerprint density at radius 3 is 2.92 bits per heavy atom. The molecule has 1 rings (SSSR count). The monoisotopic (exact) mass is 165 g/mol. The van der Waals surface area contributed by atoms with Gasteiger partial charge in [0.25, 0.3) is 0 Å². The molecule has 0 aromatic carbocycles. The molecule has 0 radical (unpaired) electrons. The van der Waals surface area contributed by atoms with Gasteiger partial charge < -0.3 is 9.73 Å². The molecular formula is C10H15NO. The topological polar surface area (TPSA) is 25.2 Å². The highest BCUT2D eigenvalue weighted by molar-refractivity contribution is 5.43. The Labute approximate surface area is 73.3 Å². The average Bonchev–Trinajstić information content (AvgIpc) is 2.53. The third-order valence-corrected chi connectivity index (χ3v) is 1.63. The van der Waals surface area contributed by atoms with Crippen molar-refractivity contribution in [2.45, 2.75) is 13.3 Å². The number of likely N-dealkylation sites (N-methyl/N-ethyl adjacent to an activating group) is 1. The summed E-state index contributed by atoms with van der Waals surface area (Å²) in [4.78, 5) is 0. The summed E-state index contributed by atoms with van der Waals surface area (Å²) in [6.45, 7) is 2.96. The molecule has 0 aliphatic heterocycles. The summed E-state index contributed by atoms with van der Waals surface area (Å²) in [5, 5.41) is 3.03. The molecule has 0 atom stereocenters. The normalized spacial score (nSPS) is 11.2. The first kappa shape index (κ1) is 9.07. The minimum absolute atomic E-state index is 0.877. The van der Waals surface area contributed by atoms with Gasteiger partial charge in [-0.2, -0.15) is 0 Å². The van der Waals surface area contributed by atoms with Gasteiger partial charge in [-0.25, -0.2) is 0 Å². The molecule has 0 aliphatic rings. The van der Waals surface area contributed by atoms with E-state index in [2.05, 4.69) is 12.2 Å². The van der Waals surface area contributed by atoms with Crippen molar-refractivity contribution in [2.24, 2.45) is 0 Å². The molecule has 66 valence electrons. The van der Waals surface area contributed by atoms with Crippen LogP contribution in [0.25, 0.3) is 6.08 Å². The van der Waals surface area contributed by atoms with Gasteiger partial charge in [0.05, 0.1) is 0 Å². The largest absolute Gasteiger partial charge is 0.462 e. The first-order chi connectivity index (χ1) is 5.86. The second-order valence-electron chi connectivity index (χ2n) is 2.62. The Morgan fingerprint density at radius 2 is 2.33 bits per heavy atom. The van der Waals surface area contributed by atoms with Crippen LogP contribution in [0.1, 0.15) is 18.4 Å². The summed E-state index contributed by atoms with van der Waals surface area (Å²) in [6.07, 6.45) is 4.98. The van der Waals surface area contributed by atoms with Gasteiger partial charge in [0, 0.05) is 13.0 Å². The number of aryl methyl sites for hydroxylation is 1. The molecule has 12 heavy (non-hydrogen) atoms. The number of nitrogens with one attached hydrogen (secondary N) is 1. The van der Waals surface area contributed by atoms with Gasteiger partial charge in [0.2, 0.25) is 0 Å². The van der Waals surface area contributed by atoms with Gasteiger partial charge in [0.15, 0.2) is 0 Å². The molecule has 0 saturated heterocycles. The molecule has 2 nitrogen and oxygen atoms in total. The highest BCUT2D eigenvalue weighted by Gasteiger charge is 1.94. The van der Waals surface area contributed by atoms with E-state index < -0.39 is 0 Å². The first-order valence-corrected chi connectivity index (χ1v) is 4.26. The van der Waals surface area contributed by atoms with Crippen LogP contribution in [0.2, 0.25) is 0 Å². The molecule has 1 heterocycles. The summed E-state index contributed by atoms with van der Waals surface area (Å²) in [5.74, 6) is 1.97. The van der Waals surface area contributed by atoms with Crippen molar-refractivity contribution in [1.82, 2.24) is 5.32 Å². The van der Waals surface area contributed by atoms with Crippen LogP contribution in [0.4, 0.5) is 0 Å². The molecule has 1 aromatic rings. The highest BCUT2D eigenvalue weighted by atomic mass is 16.3. The van der Waals surface area contributed by atoms with Crippen LogP contribution in [0.15, 0.2) is 22.6 Å². The van der Waals surface area contributed by atoms with Crippen LogP contribution >= 0.6 is 0 Å². The summed E-state index contributed by atoms with van der Waals surface area (Å²) < 4.78 is 5.46. The van der Waals surface area contributed by atoms with Crippen LogP contribution < -0.4 is 5.32 Å². The van der Waals surface area contributed by atoms with E-state index in [1.807, 2.05) is 31.3 Å². The van der Waals surface area contributed by atoms with Crippen LogP contribution in [0, 0.1) is 0 Å². The highest BCUT2D eigenvalue weighted by Crippen LogP contribution is 2.09. The molecule has 1 N–H and O–H groups in total. The predicted octanol–water partition coefficient (Wildman–Crippen LogP) is 2.07. The van der Waals surface area contributed by atoms with Gasteiger partial charge in [-0.15, -0.1) is 0 Å². The van der Waals surface area contributed by atoms with Gasteiger partial charge in [-0.05, 0) is 25.3 Å². The van der Waals surface area contributed by atoms with Gasteiger partial charge in [-0.3, -0.25) is 0 Å². The minimum Gasteiger partial charge on any atom is -0.462 e. The van der Waals surface area contributed by atoms with Crippen LogP contribution in [0.3, 0.4) is 0 Å². The van der Waals surface area contributed by atoms with Crippen molar-refractivity contribution in [1.29, 1.82) is 0 Å². The van der Waals surface area contributed by atoms with E-state index in [0.717, 1.165) is 24.5 Å². The maximum atomic E-state index is 5.46. The first-order valence-electron chi connectivity index (χ1n) is 4.26. The Balaban J connectivity index is 2.51. The Bertz CT molecular complexity index is 250. The van der Waals surface area contributed by atoms with E-state index >= 15 is 0 Å². The molecule has 0 spiro atoms. The number of furan rings is 1. The van der Waals surface area contributed by atoms with Gasteiger partial charge >= 0.3 is 0 Å². The molecule has 0 saturated carbocycles. The molecule has 0 fully saturated rings. The lowest BCUT2D eigenvalue weighted by atomic mass is 10.3. The van der Waals surface area contributed by atoms with Crippen LogP contribution in [-0.2, 0) is 6.42 Å². The molecule has 0 bridgehead atoms. The lowest BCUT2D eigenvalue weighted by molar-refractivity contribution is 0.507. The summed E-state index contributed by atoms with van der Waals surface area (Å²) >= 11 is 0. The van der Waals surface area contributed by atoms with Crippen molar-refractivity contribution in [3.05, 3.63) is 29.7 Å². The Hall–Kier alpha value is -1.02. The fourth-order valence-corrected chi connectivity index (χ4v) is 0.967. The standard InChI is InChI=1S/C10H15NO/c1-3-9-6-7-10(12-9)5-4-8-11-2/h4-7,11H,3,8H2,1-2H3. The van der Waals surface area contributed by atoms with Crippen LogP contribution in [0.5, 0.6) is 0 Å². The quantitative estimate of drug-likeness (QED) is 0.739. The minimum atomic E-state index is 0.877. The van der Waals surface area contributed by atoms with Gasteiger partial charge in [-0.1, -0.05) is 13.0 Å². The van der Waals surface area contributed by atoms with E-state index in [0.29, 0.717) is 0 Å². The van der Waals surface area contributed by atoms with E-state index in [1.54, 1.807) is 0 Å². The predicted molar refractivity (Wildman–Crippen MR) is 51.0 cm³/mol. The lowest BCUT2D eigenvalue weighted by Gasteiger charge is -1.88. The zero-order chi connectivity index (χ0) is 8.81. The average molecular weight is 165 g/mol. The lowest BCUT2D eigenvalue weighted by Crippen LogP contribution is -2.03. The van der Waals surface area contributed by atoms with Crippen molar-refractivity contribution < 1.29 is 4.42 Å². The second kappa shape index (κ2) is 4.78. The van der Waals surface area contributed by atoms with E-state index in [9.17, 15) is 0 Å². The fourth-order valence-electron chi connectivity index (χ4n) is 0.967. The Kier molecular flexibility index (Phi) is 3.61. The number of hydrogen-bond donors (Lipinski definition) is 1. The van der Waals surface area contributed by atoms with Gasteiger partial charge in [0.1, 0.15) is 11.5 Å². The summed E-state index contributed by atoms with van der Waals surface area (Å²) in [5.41, 5.74) is 0. The van der Waals surface area contributed by atoms with E-state index in [1.165, 1.54) is 0 Å². The Morgan fingerprint density at radius 1 is 1.50 bits per heavy atom.